The molecule has 1 aromatic carbocycles. The lowest BCUT2D eigenvalue weighted by atomic mass is 10.1. The molecule has 2 aliphatic heterocycles. The first kappa shape index (κ1) is 23.8. The van der Waals surface area contributed by atoms with Crippen LogP contribution in [0.1, 0.15) is 5.69 Å². The molecule has 1 atom stereocenters. The smallest absolute Gasteiger partial charge is 0.181 e. The first-order valence-electron chi connectivity index (χ1n) is 11.9. The van der Waals surface area contributed by atoms with Crippen molar-refractivity contribution < 1.29 is 13.5 Å². The van der Waals surface area contributed by atoms with Crippen molar-refractivity contribution in [2.24, 2.45) is 0 Å². The number of benzene rings is 1. The molecule has 4 aromatic rings. The Kier molecular flexibility index (Phi) is 6.63. The van der Waals surface area contributed by atoms with E-state index in [-0.39, 0.29) is 5.88 Å². The van der Waals surface area contributed by atoms with E-state index in [0.29, 0.717) is 43.7 Å². The SMILES string of the molecule is O=S([O-])CN1CCN(Cc2cn3c(Cl)c(-c4cccc5[nH]ncc45)nc(N4CCOCC4)c3n2)CC1. The number of aromatic nitrogens is 5. The van der Waals surface area contributed by atoms with Gasteiger partial charge in [0.05, 0.1) is 36.5 Å². The highest BCUT2D eigenvalue weighted by atomic mass is 35.5. The number of H-pyrrole nitrogens is 1. The summed E-state index contributed by atoms with van der Waals surface area (Å²) in [5.74, 6) is 0.866. The van der Waals surface area contributed by atoms with Gasteiger partial charge < -0.3 is 14.2 Å². The van der Waals surface area contributed by atoms with Gasteiger partial charge in [0.1, 0.15) is 10.8 Å². The van der Waals surface area contributed by atoms with Crippen molar-refractivity contribution in [1.29, 1.82) is 0 Å². The van der Waals surface area contributed by atoms with Crippen LogP contribution in [0.5, 0.6) is 0 Å². The number of nitrogens with one attached hydrogen (secondary N) is 1. The van der Waals surface area contributed by atoms with E-state index in [0.717, 1.165) is 59.8 Å². The average Bonchev–Trinajstić information content (AvgIpc) is 3.53. The number of nitrogens with zero attached hydrogens (tertiary/aromatic N) is 7. The molecule has 2 fully saturated rings. The molecule has 11 nitrogen and oxygen atoms in total. The average molecular weight is 530 g/mol. The third-order valence-electron chi connectivity index (χ3n) is 6.77. The van der Waals surface area contributed by atoms with Crippen LogP contribution in [0.2, 0.25) is 5.15 Å². The monoisotopic (exact) mass is 529 g/mol. The molecule has 13 heteroatoms. The first-order chi connectivity index (χ1) is 17.6. The van der Waals surface area contributed by atoms with E-state index in [1.807, 2.05) is 33.7 Å². The van der Waals surface area contributed by atoms with E-state index in [1.165, 1.54) is 0 Å². The predicted molar refractivity (Wildman–Crippen MR) is 137 cm³/mol. The minimum Gasteiger partial charge on any atom is -0.771 e. The van der Waals surface area contributed by atoms with Crippen molar-refractivity contribution in [3.63, 3.8) is 0 Å². The molecule has 190 valence electrons. The number of imidazole rings is 1. The van der Waals surface area contributed by atoms with Gasteiger partial charge in [0.25, 0.3) is 0 Å². The van der Waals surface area contributed by atoms with Crippen molar-refractivity contribution >= 4 is 45.0 Å². The molecule has 0 saturated carbocycles. The summed E-state index contributed by atoms with van der Waals surface area (Å²) >= 11 is 4.93. The van der Waals surface area contributed by atoms with E-state index in [2.05, 4.69) is 20.0 Å². The molecular formula is C23H26ClN8O3S-. The Morgan fingerprint density at radius 1 is 1.08 bits per heavy atom. The number of fused-ring (bicyclic) bond motifs is 2. The van der Waals surface area contributed by atoms with Crippen LogP contribution in [-0.2, 0) is 22.4 Å². The van der Waals surface area contributed by atoms with Gasteiger partial charge in [-0.2, -0.15) is 5.10 Å². The van der Waals surface area contributed by atoms with E-state index in [4.69, 9.17) is 26.3 Å². The molecule has 2 aliphatic rings. The van der Waals surface area contributed by atoms with E-state index < -0.39 is 11.1 Å². The molecule has 0 radical (unpaired) electrons. The summed E-state index contributed by atoms with van der Waals surface area (Å²) in [6, 6.07) is 5.95. The third kappa shape index (κ3) is 4.60. The Hall–Kier alpha value is -2.61. The lowest BCUT2D eigenvalue weighted by molar-refractivity contribution is 0.122. The van der Waals surface area contributed by atoms with Crippen molar-refractivity contribution in [2.75, 3.05) is 63.3 Å². The molecule has 3 aromatic heterocycles. The maximum absolute atomic E-state index is 11.0. The van der Waals surface area contributed by atoms with Crippen molar-refractivity contribution in [3.05, 3.63) is 41.4 Å². The minimum absolute atomic E-state index is 0.0819. The number of anilines is 1. The maximum Gasteiger partial charge on any atom is 0.181 e. The fourth-order valence-corrected chi connectivity index (χ4v) is 5.75. The molecule has 36 heavy (non-hydrogen) atoms. The highest BCUT2D eigenvalue weighted by Crippen LogP contribution is 2.35. The largest absolute Gasteiger partial charge is 0.771 e. The molecule has 1 unspecified atom stereocenters. The summed E-state index contributed by atoms with van der Waals surface area (Å²) in [6.07, 6.45) is 3.78. The summed E-state index contributed by atoms with van der Waals surface area (Å²) in [5.41, 5.74) is 4.13. The second-order valence-electron chi connectivity index (χ2n) is 9.06. The summed E-state index contributed by atoms with van der Waals surface area (Å²) < 4.78 is 29.5. The predicted octanol–water partition coefficient (Wildman–Crippen LogP) is 1.72. The zero-order valence-electron chi connectivity index (χ0n) is 19.6. The number of morpholine rings is 1. The van der Waals surface area contributed by atoms with E-state index in [9.17, 15) is 8.76 Å². The van der Waals surface area contributed by atoms with Crippen LogP contribution in [0.3, 0.4) is 0 Å². The van der Waals surface area contributed by atoms with Gasteiger partial charge in [0, 0.05) is 63.0 Å². The highest BCUT2D eigenvalue weighted by molar-refractivity contribution is 7.79. The van der Waals surface area contributed by atoms with Crippen LogP contribution in [-0.4, -0.2) is 101 Å². The van der Waals surface area contributed by atoms with Crippen LogP contribution in [0.25, 0.3) is 27.8 Å². The van der Waals surface area contributed by atoms with Crippen LogP contribution in [0.15, 0.2) is 30.6 Å². The quantitative estimate of drug-likeness (QED) is 0.372. The van der Waals surface area contributed by atoms with E-state index >= 15 is 0 Å². The summed E-state index contributed by atoms with van der Waals surface area (Å²) in [6.45, 7) is 6.35. The number of piperazine rings is 1. The van der Waals surface area contributed by atoms with Crippen LogP contribution in [0, 0.1) is 0 Å². The van der Waals surface area contributed by atoms with Crippen molar-refractivity contribution in [1.82, 2.24) is 34.4 Å². The molecule has 0 spiro atoms. The van der Waals surface area contributed by atoms with Crippen LogP contribution in [0.4, 0.5) is 5.82 Å². The Bertz CT molecular complexity index is 1410. The topological polar surface area (TPSA) is 118 Å². The maximum atomic E-state index is 11.0. The van der Waals surface area contributed by atoms with Gasteiger partial charge in [0.2, 0.25) is 0 Å². The molecule has 0 bridgehead atoms. The Labute approximate surface area is 215 Å². The lowest BCUT2D eigenvalue weighted by Crippen LogP contribution is -2.46. The molecule has 1 N–H and O–H groups in total. The van der Waals surface area contributed by atoms with Gasteiger partial charge in [-0.1, -0.05) is 23.7 Å². The van der Waals surface area contributed by atoms with Gasteiger partial charge in [-0.05, 0) is 17.1 Å². The second-order valence-corrected chi connectivity index (χ2v) is 10.3. The molecular weight excluding hydrogens is 504 g/mol. The number of aromatic amines is 1. The molecule has 0 aliphatic carbocycles. The summed E-state index contributed by atoms with van der Waals surface area (Å²) in [4.78, 5) is 16.5. The van der Waals surface area contributed by atoms with Crippen LogP contribution < -0.4 is 4.90 Å². The van der Waals surface area contributed by atoms with Gasteiger partial charge in [0.15, 0.2) is 11.5 Å². The zero-order valence-corrected chi connectivity index (χ0v) is 21.2. The Morgan fingerprint density at radius 2 is 1.86 bits per heavy atom. The second kappa shape index (κ2) is 10.0. The van der Waals surface area contributed by atoms with Crippen LogP contribution >= 0.6 is 11.6 Å². The number of hydrogen-bond acceptors (Lipinski definition) is 9. The summed E-state index contributed by atoms with van der Waals surface area (Å²) in [7, 11) is 0. The molecule has 0 amide bonds. The zero-order chi connectivity index (χ0) is 24.6. The number of hydrogen-bond donors (Lipinski definition) is 1. The van der Waals surface area contributed by atoms with Crippen molar-refractivity contribution in [3.8, 4) is 11.3 Å². The Balaban J connectivity index is 1.37. The number of ether oxygens (including phenoxy) is 1. The fraction of sp³-hybridized carbons (Fsp3) is 0.435. The minimum atomic E-state index is -2.05. The first-order valence-corrected chi connectivity index (χ1v) is 13.5. The van der Waals surface area contributed by atoms with Gasteiger partial charge in [-0.15, -0.1) is 0 Å². The number of rotatable bonds is 6. The van der Waals surface area contributed by atoms with Gasteiger partial charge in [-0.25, -0.2) is 9.97 Å². The van der Waals surface area contributed by atoms with Gasteiger partial charge >= 0.3 is 0 Å². The standard InChI is InChI=1S/C23H27ClN8O3S/c24-21-20(17-2-1-3-19-18(17)12-25-28-19)27-22(31-8-10-35-11-9-31)23-26-16(14-32(21)23)13-29-4-6-30(7-5-29)15-36(33)34/h1-3,12,14H,4-11,13,15H2,(H,25,28)(H,33,34)/p-1. The highest BCUT2D eigenvalue weighted by Gasteiger charge is 2.24. The van der Waals surface area contributed by atoms with Crippen molar-refractivity contribution in [2.45, 2.75) is 6.54 Å². The van der Waals surface area contributed by atoms with E-state index in [1.54, 1.807) is 6.20 Å². The normalized spacial score (nSPS) is 18.9. The Morgan fingerprint density at radius 3 is 2.64 bits per heavy atom. The lowest BCUT2D eigenvalue weighted by Gasteiger charge is -2.34. The van der Waals surface area contributed by atoms with Gasteiger partial charge in [-0.3, -0.25) is 23.5 Å². The fourth-order valence-electron chi connectivity index (χ4n) is 4.92. The molecule has 6 rings (SSSR count). The third-order valence-corrected chi connectivity index (χ3v) is 7.71. The summed E-state index contributed by atoms with van der Waals surface area (Å²) in [5, 5.41) is 8.67. The number of halogens is 1. The molecule has 5 heterocycles. The molecule has 2 saturated heterocycles.